The van der Waals surface area contributed by atoms with Gasteiger partial charge in [-0.15, -0.1) is 0 Å². The van der Waals surface area contributed by atoms with Gasteiger partial charge in [0, 0.05) is 18.3 Å². The van der Waals surface area contributed by atoms with Crippen LogP contribution >= 0.6 is 11.8 Å². The molecule has 1 rings (SSSR count). The van der Waals surface area contributed by atoms with Gasteiger partial charge >= 0.3 is 5.97 Å². The van der Waals surface area contributed by atoms with Gasteiger partial charge in [-0.2, -0.15) is 11.8 Å². The lowest BCUT2D eigenvalue weighted by atomic mass is 10.1. The van der Waals surface area contributed by atoms with E-state index in [0.717, 1.165) is 5.75 Å². The molecule has 0 aliphatic heterocycles. The number of H-pyrrole nitrogens is 1. The van der Waals surface area contributed by atoms with Crippen LogP contribution in [0.5, 0.6) is 0 Å². The first kappa shape index (κ1) is 19.0. The number of hydrogen-bond acceptors (Lipinski definition) is 6. The molecular formula is C13H21N5O4S. The number of imidazole rings is 1. The second kappa shape index (κ2) is 9.85. The summed E-state index contributed by atoms with van der Waals surface area (Å²) in [6.07, 6.45) is 5.39. The van der Waals surface area contributed by atoms with Crippen molar-refractivity contribution in [3.8, 4) is 0 Å². The molecule has 23 heavy (non-hydrogen) atoms. The van der Waals surface area contributed by atoms with E-state index in [1.54, 1.807) is 11.8 Å². The number of thioether (sulfide) groups is 1. The Kier molecular flexibility index (Phi) is 8.13. The van der Waals surface area contributed by atoms with Crippen LogP contribution in [0, 0.1) is 0 Å². The minimum Gasteiger partial charge on any atom is -0.480 e. The number of rotatable bonds is 10. The summed E-state index contributed by atoms with van der Waals surface area (Å²) in [4.78, 5) is 41.2. The largest absolute Gasteiger partial charge is 0.480 e. The van der Waals surface area contributed by atoms with Crippen molar-refractivity contribution < 1.29 is 19.5 Å². The maximum atomic E-state index is 11.8. The zero-order valence-corrected chi connectivity index (χ0v) is 13.6. The van der Waals surface area contributed by atoms with Crippen molar-refractivity contribution in [1.82, 2.24) is 20.6 Å². The molecule has 10 heteroatoms. The molecule has 128 valence electrons. The van der Waals surface area contributed by atoms with Gasteiger partial charge in [0.05, 0.1) is 18.9 Å². The average Bonchev–Trinajstić information content (AvgIpc) is 3.02. The summed E-state index contributed by atoms with van der Waals surface area (Å²) in [6.45, 7) is -0.321. The van der Waals surface area contributed by atoms with Gasteiger partial charge in [0.2, 0.25) is 11.8 Å². The third-order valence-corrected chi connectivity index (χ3v) is 3.65. The molecule has 2 amide bonds. The van der Waals surface area contributed by atoms with Gasteiger partial charge in [-0.05, 0) is 18.4 Å². The van der Waals surface area contributed by atoms with Crippen LogP contribution in [0.1, 0.15) is 12.1 Å². The predicted molar refractivity (Wildman–Crippen MR) is 85.8 cm³/mol. The molecule has 0 saturated heterocycles. The summed E-state index contributed by atoms with van der Waals surface area (Å²) in [7, 11) is 0. The number of carboxylic acids is 1. The van der Waals surface area contributed by atoms with E-state index in [1.807, 2.05) is 6.26 Å². The number of carboxylic acid groups (broad SMARTS) is 1. The van der Waals surface area contributed by atoms with Crippen molar-refractivity contribution in [3.05, 3.63) is 18.2 Å². The number of aromatic nitrogens is 2. The molecule has 0 spiro atoms. The van der Waals surface area contributed by atoms with Gasteiger partial charge in [0.15, 0.2) is 0 Å². The first-order chi connectivity index (χ1) is 10.9. The third-order valence-electron chi connectivity index (χ3n) is 3.01. The molecule has 0 radical (unpaired) electrons. The molecule has 1 heterocycles. The fraction of sp³-hybridized carbons (Fsp3) is 0.538. The Hall–Kier alpha value is -2.07. The molecule has 9 nitrogen and oxygen atoms in total. The Bertz CT molecular complexity index is 522. The topological polar surface area (TPSA) is 150 Å². The average molecular weight is 343 g/mol. The maximum absolute atomic E-state index is 11.8. The predicted octanol–water partition coefficient (Wildman–Crippen LogP) is -1.28. The monoisotopic (exact) mass is 343 g/mol. The molecule has 0 aromatic carbocycles. The van der Waals surface area contributed by atoms with Crippen molar-refractivity contribution >= 4 is 29.5 Å². The fourth-order valence-corrected chi connectivity index (χ4v) is 2.23. The Morgan fingerprint density at radius 1 is 1.48 bits per heavy atom. The van der Waals surface area contributed by atoms with Gasteiger partial charge in [-0.1, -0.05) is 0 Å². The summed E-state index contributed by atoms with van der Waals surface area (Å²) in [5, 5.41) is 13.9. The van der Waals surface area contributed by atoms with E-state index in [1.165, 1.54) is 12.5 Å². The molecule has 0 fully saturated rings. The lowest BCUT2D eigenvalue weighted by molar-refractivity contribution is -0.141. The molecule has 0 aliphatic carbocycles. The lowest BCUT2D eigenvalue weighted by Gasteiger charge is -2.15. The summed E-state index contributed by atoms with van der Waals surface area (Å²) >= 11 is 1.57. The number of aliphatic carboxylic acids is 1. The fourth-order valence-electron chi connectivity index (χ4n) is 1.74. The highest BCUT2D eigenvalue weighted by molar-refractivity contribution is 7.98. The first-order valence-corrected chi connectivity index (χ1v) is 8.35. The molecular weight excluding hydrogens is 322 g/mol. The number of aromatic amines is 1. The molecule has 0 bridgehead atoms. The number of nitrogens with zero attached hydrogens (tertiary/aromatic N) is 1. The Morgan fingerprint density at radius 3 is 2.78 bits per heavy atom. The standard InChI is InChI=1S/C13H21N5O4S/c1-23-3-2-9(14)12(20)16-6-11(19)18-10(13(21)22)4-8-5-15-7-17-8/h5,7,9-10H,2-4,6,14H2,1H3,(H,15,17)(H,16,20)(H,18,19)(H,21,22)/t9-,10-/m0/s1. The van der Waals surface area contributed by atoms with Gasteiger partial charge < -0.3 is 26.5 Å². The molecule has 6 N–H and O–H groups in total. The SMILES string of the molecule is CSCC[C@H](N)C(=O)NCC(=O)N[C@@H](Cc1cnc[nH]1)C(=O)O. The zero-order chi connectivity index (χ0) is 17.2. The van der Waals surface area contributed by atoms with Crippen LogP contribution in [0.15, 0.2) is 12.5 Å². The van der Waals surface area contributed by atoms with Gasteiger partial charge in [0.1, 0.15) is 6.04 Å². The summed E-state index contributed by atoms with van der Waals surface area (Å²) in [5.74, 6) is -1.46. The van der Waals surface area contributed by atoms with E-state index in [4.69, 9.17) is 10.8 Å². The van der Waals surface area contributed by atoms with Gasteiger partial charge in [-0.3, -0.25) is 9.59 Å². The highest BCUT2D eigenvalue weighted by Gasteiger charge is 2.21. The van der Waals surface area contributed by atoms with Crippen molar-refractivity contribution in [2.45, 2.75) is 24.9 Å². The van der Waals surface area contributed by atoms with E-state index in [-0.39, 0.29) is 13.0 Å². The number of carbonyl (C=O) groups is 3. The Morgan fingerprint density at radius 2 is 2.22 bits per heavy atom. The maximum Gasteiger partial charge on any atom is 0.326 e. The summed E-state index contributed by atoms with van der Waals surface area (Å²) in [6, 6.07) is -1.79. The second-order valence-electron chi connectivity index (χ2n) is 4.85. The van der Waals surface area contributed by atoms with Crippen molar-refractivity contribution in [2.75, 3.05) is 18.6 Å². The van der Waals surface area contributed by atoms with Crippen LogP contribution in [0.2, 0.25) is 0 Å². The first-order valence-electron chi connectivity index (χ1n) is 6.95. The Balaban J connectivity index is 2.40. The highest BCUT2D eigenvalue weighted by Crippen LogP contribution is 2.00. The van der Waals surface area contributed by atoms with Gasteiger partial charge in [0.25, 0.3) is 0 Å². The molecule has 0 aliphatic rings. The summed E-state index contributed by atoms with van der Waals surface area (Å²) < 4.78 is 0. The minimum atomic E-state index is -1.17. The normalized spacial score (nSPS) is 13.1. The van der Waals surface area contributed by atoms with E-state index < -0.39 is 29.9 Å². The quantitative estimate of drug-likeness (QED) is 0.355. The van der Waals surface area contributed by atoms with Crippen molar-refractivity contribution in [2.24, 2.45) is 5.73 Å². The van der Waals surface area contributed by atoms with Crippen LogP contribution in [-0.2, 0) is 20.8 Å². The molecule has 0 saturated carbocycles. The zero-order valence-electron chi connectivity index (χ0n) is 12.7. The van der Waals surface area contributed by atoms with E-state index >= 15 is 0 Å². The highest BCUT2D eigenvalue weighted by atomic mass is 32.2. The number of hydrogen-bond donors (Lipinski definition) is 5. The minimum absolute atomic E-state index is 0.0717. The van der Waals surface area contributed by atoms with E-state index in [9.17, 15) is 14.4 Å². The number of nitrogens with two attached hydrogens (primary N) is 1. The van der Waals surface area contributed by atoms with Crippen LogP contribution in [-0.4, -0.2) is 63.5 Å². The number of carbonyl (C=O) groups excluding carboxylic acids is 2. The molecule has 1 aromatic rings. The van der Waals surface area contributed by atoms with Crippen LogP contribution in [0.25, 0.3) is 0 Å². The lowest BCUT2D eigenvalue weighted by Crippen LogP contribution is -2.49. The van der Waals surface area contributed by atoms with E-state index in [2.05, 4.69) is 20.6 Å². The van der Waals surface area contributed by atoms with Crippen molar-refractivity contribution in [1.29, 1.82) is 0 Å². The van der Waals surface area contributed by atoms with Crippen LogP contribution < -0.4 is 16.4 Å². The number of amides is 2. The van der Waals surface area contributed by atoms with E-state index in [0.29, 0.717) is 12.1 Å². The summed E-state index contributed by atoms with van der Waals surface area (Å²) in [5.41, 5.74) is 6.25. The second-order valence-corrected chi connectivity index (χ2v) is 5.83. The van der Waals surface area contributed by atoms with Crippen LogP contribution in [0.4, 0.5) is 0 Å². The van der Waals surface area contributed by atoms with Gasteiger partial charge in [-0.25, -0.2) is 9.78 Å². The van der Waals surface area contributed by atoms with Crippen LogP contribution in [0.3, 0.4) is 0 Å². The molecule has 1 aromatic heterocycles. The molecule has 0 unspecified atom stereocenters. The third kappa shape index (κ3) is 7.15. The Labute approximate surface area is 137 Å². The van der Waals surface area contributed by atoms with Crippen molar-refractivity contribution in [3.63, 3.8) is 0 Å². The smallest absolute Gasteiger partial charge is 0.326 e. The molecule has 2 atom stereocenters. The number of nitrogens with one attached hydrogen (secondary N) is 3.